The molecule has 0 aliphatic carbocycles. The predicted octanol–water partition coefficient (Wildman–Crippen LogP) is 5.61. The monoisotopic (exact) mass is 428 g/mol. The van der Waals surface area contributed by atoms with Crippen molar-refractivity contribution in [2.24, 2.45) is 0 Å². The van der Waals surface area contributed by atoms with Gasteiger partial charge >= 0.3 is 5.97 Å². The van der Waals surface area contributed by atoms with Gasteiger partial charge in [-0.2, -0.15) is 0 Å². The van der Waals surface area contributed by atoms with Crippen molar-refractivity contribution in [1.29, 1.82) is 0 Å². The molecule has 0 heterocycles. The number of ether oxygens (including phenoxy) is 3. The Balaban J connectivity index is 1.59. The highest BCUT2D eigenvalue weighted by Gasteiger charge is 2.04. The molecular weight excluding hydrogens is 404 g/mol. The highest BCUT2D eigenvalue weighted by molar-refractivity contribution is 6.06. The van der Waals surface area contributed by atoms with Crippen LogP contribution >= 0.6 is 0 Å². The second-order valence-corrected chi connectivity index (χ2v) is 6.76. The van der Waals surface area contributed by atoms with Gasteiger partial charge in [0.2, 0.25) is 0 Å². The Morgan fingerprint density at radius 2 is 1.47 bits per heavy atom. The van der Waals surface area contributed by atoms with Crippen LogP contribution in [-0.2, 0) is 4.79 Å². The van der Waals surface area contributed by atoms with Crippen molar-refractivity contribution in [1.82, 2.24) is 0 Å². The molecule has 0 unspecified atom stereocenters. The van der Waals surface area contributed by atoms with Crippen LogP contribution in [0.1, 0.15) is 28.4 Å². The molecule has 5 heteroatoms. The van der Waals surface area contributed by atoms with E-state index in [1.54, 1.807) is 61.7 Å². The topological polar surface area (TPSA) is 61.8 Å². The zero-order chi connectivity index (χ0) is 22.8. The van der Waals surface area contributed by atoms with Crippen molar-refractivity contribution in [3.8, 4) is 17.2 Å². The van der Waals surface area contributed by atoms with Crippen LogP contribution in [0.4, 0.5) is 0 Å². The van der Waals surface area contributed by atoms with Crippen molar-refractivity contribution >= 4 is 23.9 Å². The van der Waals surface area contributed by atoms with Crippen molar-refractivity contribution in [3.05, 3.63) is 102 Å². The highest BCUT2D eigenvalue weighted by atomic mass is 16.5. The molecule has 0 atom stereocenters. The SMILES string of the molecule is CCOc1ccc(/C=C/C(=O)Oc2cccc(/C=C/C(=O)c3ccc(OC)cc3)c2)cc1. The van der Waals surface area contributed by atoms with E-state index >= 15 is 0 Å². The molecule has 0 aromatic heterocycles. The number of carbonyl (C=O) groups is 2. The standard InChI is InChI=1S/C27H24O5/c1-3-31-24-13-7-20(8-14-24)10-18-27(29)32-25-6-4-5-21(19-25)9-17-26(28)22-11-15-23(30-2)16-12-22/h4-19H,3H2,1-2H3/b17-9+,18-10+. The zero-order valence-corrected chi connectivity index (χ0v) is 18.0. The average molecular weight is 428 g/mol. The van der Waals surface area contributed by atoms with Gasteiger partial charge in [-0.25, -0.2) is 4.79 Å². The first-order valence-electron chi connectivity index (χ1n) is 10.2. The van der Waals surface area contributed by atoms with Crippen molar-refractivity contribution in [2.75, 3.05) is 13.7 Å². The molecule has 0 bridgehead atoms. The van der Waals surface area contributed by atoms with Gasteiger partial charge in [0.15, 0.2) is 5.78 Å². The number of methoxy groups -OCH3 is 1. The lowest BCUT2D eigenvalue weighted by atomic mass is 10.1. The van der Waals surface area contributed by atoms with E-state index in [2.05, 4.69) is 0 Å². The van der Waals surface area contributed by atoms with E-state index in [-0.39, 0.29) is 5.78 Å². The molecule has 162 valence electrons. The Morgan fingerprint density at radius 1 is 0.781 bits per heavy atom. The second-order valence-electron chi connectivity index (χ2n) is 6.76. The van der Waals surface area contributed by atoms with E-state index in [1.807, 2.05) is 37.3 Å². The van der Waals surface area contributed by atoms with E-state index in [0.717, 1.165) is 16.9 Å². The molecule has 0 aliphatic heterocycles. The van der Waals surface area contributed by atoms with Crippen molar-refractivity contribution in [3.63, 3.8) is 0 Å². The van der Waals surface area contributed by atoms with Crippen molar-refractivity contribution < 1.29 is 23.8 Å². The van der Waals surface area contributed by atoms with Crippen LogP contribution in [-0.4, -0.2) is 25.5 Å². The number of ketones is 1. The lowest BCUT2D eigenvalue weighted by Gasteiger charge is -2.03. The molecule has 0 aliphatic rings. The molecule has 3 aromatic carbocycles. The van der Waals surface area contributed by atoms with Crippen LogP contribution in [0, 0.1) is 0 Å². The molecule has 0 N–H and O–H groups in total. The number of benzene rings is 3. The van der Waals surface area contributed by atoms with Gasteiger partial charge in [0.25, 0.3) is 0 Å². The van der Waals surface area contributed by atoms with Gasteiger partial charge < -0.3 is 14.2 Å². The summed E-state index contributed by atoms with van der Waals surface area (Å²) in [6.45, 7) is 2.53. The molecule has 3 aromatic rings. The molecule has 0 spiro atoms. The zero-order valence-electron chi connectivity index (χ0n) is 18.0. The maximum atomic E-state index is 12.3. The number of hydrogen-bond donors (Lipinski definition) is 0. The molecule has 0 amide bonds. The summed E-state index contributed by atoms with van der Waals surface area (Å²) < 4.78 is 15.9. The maximum absolute atomic E-state index is 12.3. The quantitative estimate of drug-likeness (QED) is 0.192. The Hall–Kier alpha value is -4.12. The van der Waals surface area contributed by atoms with E-state index < -0.39 is 5.97 Å². The summed E-state index contributed by atoms with van der Waals surface area (Å²) >= 11 is 0. The summed E-state index contributed by atoms with van der Waals surface area (Å²) in [5.41, 5.74) is 2.16. The summed E-state index contributed by atoms with van der Waals surface area (Å²) in [7, 11) is 1.58. The average Bonchev–Trinajstić information content (AvgIpc) is 2.82. The first kappa shape index (κ1) is 22.6. The highest BCUT2D eigenvalue weighted by Crippen LogP contribution is 2.17. The molecule has 32 heavy (non-hydrogen) atoms. The minimum Gasteiger partial charge on any atom is -0.497 e. The number of allylic oxidation sites excluding steroid dienone is 1. The van der Waals surface area contributed by atoms with Gasteiger partial charge in [0, 0.05) is 11.6 Å². The molecule has 5 nitrogen and oxygen atoms in total. The minimum atomic E-state index is -0.491. The molecule has 3 rings (SSSR count). The summed E-state index contributed by atoms with van der Waals surface area (Å²) in [5.74, 6) is 1.24. The fraction of sp³-hybridized carbons (Fsp3) is 0.111. The van der Waals surface area contributed by atoms with Gasteiger partial charge in [-0.05, 0) is 78.7 Å². The third-order valence-electron chi connectivity index (χ3n) is 4.48. The first-order chi connectivity index (χ1) is 15.6. The van der Waals surface area contributed by atoms with Crippen LogP contribution in [0.3, 0.4) is 0 Å². The third kappa shape index (κ3) is 6.71. The smallest absolute Gasteiger partial charge is 0.336 e. The summed E-state index contributed by atoms with van der Waals surface area (Å²) in [6.07, 6.45) is 6.20. The summed E-state index contributed by atoms with van der Waals surface area (Å²) in [4.78, 5) is 24.5. The van der Waals surface area contributed by atoms with Gasteiger partial charge in [-0.15, -0.1) is 0 Å². The van der Waals surface area contributed by atoms with E-state index in [4.69, 9.17) is 14.2 Å². The maximum Gasteiger partial charge on any atom is 0.336 e. The van der Waals surface area contributed by atoms with E-state index in [9.17, 15) is 9.59 Å². The number of esters is 1. The van der Waals surface area contributed by atoms with Crippen LogP contribution < -0.4 is 14.2 Å². The number of carbonyl (C=O) groups excluding carboxylic acids is 2. The van der Waals surface area contributed by atoms with Gasteiger partial charge in [-0.3, -0.25) is 4.79 Å². The lowest BCUT2D eigenvalue weighted by molar-refractivity contribution is -0.128. The first-order valence-corrected chi connectivity index (χ1v) is 10.2. The third-order valence-corrected chi connectivity index (χ3v) is 4.48. The minimum absolute atomic E-state index is 0.131. The van der Waals surface area contributed by atoms with Crippen LogP contribution in [0.25, 0.3) is 12.2 Å². The Bertz CT molecular complexity index is 1110. The Labute approximate surface area is 187 Å². The Kier molecular flexibility index (Phi) is 7.98. The molecular formula is C27H24O5. The molecule has 0 radical (unpaired) electrons. The predicted molar refractivity (Wildman–Crippen MR) is 125 cm³/mol. The van der Waals surface area contributed by atoms with Gasteiger partial charge in [0.05, 0.1) is 13.7 Å². The fourth-order valence-electron chi connectivity index (χ4n) is 2.86. The van der Waals surface area contributed by atoms with Crippen LogP contribution in [0.5, 0.6) is 17.2 Å². The summed E-state index contributed by atoms with van der Waals surface area (Å²) in [5, 5.41) is 0. The van der Waals surface area contributed by atoms with E-state index in [0.29, 0.717) is 23.7 Å². The fourth-order valence-corrected chi connectivity index (χ4v) is 2.86. The van der Waals surface area contributed by atoms with E-state index in [1.165, 1.54) is 12.2 Å². The Morgan fingerprint density at radius 3 is 2.16 bits per heavy atom. The molecule has 0 saturated heterocycles. The van der Waals surface area contributed by atoms with Crippen LogP contribution in [0.2, 0.25) is 0 Å². The normalized spacial score (nSPS) is 10.9. The van der Waals surface area contributed by atoms with Crippen LogP contribution in [0.15, 0.2) is 84.9 Å². The summed E-state index contributed by atoms with van der Waals surface area (Å²) in [6, 6.07) is 21.3. The number of hydrogen-bond acceptors (Lipinski definition) is 5. The molecule has 0 fully saturated rings. The lowest BCUT2D eigenvalue weighted by Crippen LogP contribution is -2.03. The number of rotatable bonds is 9. The second kappa shape index (κ2) is 11.3. The van der Waals surface area contributed by atoms with Crippen molar-refractivity contribution in [2.45, 2.75) is 6.92 Å². The van der Waals surface area contributed by atoms with Gasteiger partial charge in [-0.1, -0.05) is 30.3 Å². The largest absolute Gasteiger partial charge is 0.497 e. The van der Waals surface area contributed by atoms with Gasteiger partial charge in [0.1, 0.15) is 17.2 Å². The molecule has 0 saturated carbocycles.